The number of carbonyl (C=O) groups is 2. The topological polar surface area (TPSA) is 86.6 Å². The summed E-state index contributed by atoms with van der Waals surface area (Å²) in [5.41, 5.74) is -1.77. The van der Waals surface area contributed by atoms with Gasteiger partial charge in [0.05, 0.1) is 22.1 Å². The van der Waals surface area contributed by atoms with E-state index in [2.05, 4.69) is 21.2 Å². The first kappa shape index (κ1) is 15.6. The third-order valence-corrected chi connectivity index (χ3v) is 2.97. The van der Waals surface area contributed by atoms with Crippen molar-refractivity contribution in [3.8, 4) is 0 Å². The van der Waals surface area contributed by atoms with E-state index in [-0.39, 0.29) is 16.6 Å². The highest BCUT2D eigenvalue weighted by Crippen LogP contribution is 2.18. The Morgan fingerprint density at radius 2 is 2.11 bits per heavy atom. The lowest BCUT2D eigenvalue weighted by Gasteiger charge is -2.21. The number of hydrogen-bond donors (Lipinski definition) is 3. The maximum absolute atomic E-state index is 13.6. The van der Waals surface area contributed by atoms with Gasteiger partial charge in [-0.1, -0.05) is 6.07 Å². The Kier molecular flexibility index (Phi) is 5.02. The monoisotopic (exact) mass is 333 g/mol. The minimum absolute atomic E-state index is 0.150. The average molecular weight is 334 g/mol. The highest BCUT2D eigenvalue weighted by atomic mass is 79.9. The van der Waals surface area contributed by atoms with E-state index in [1.54, 1.807) is 0 Å². The van der Waals surface area contributed by atoms with Crippen LogP contribution in [0.2, 0.25) is 0 Å². The zero-order valence-electron chi connectivity index (χ0n) is 10.1. The van der Waals surface area contributed by atoms with E-state index in [0.29, 0.717) is 0 Å². The summed E-state index contributed by atoms with van der Waals surface area (Å²) < 4.78 is 13.8. The van der Waals surface area contributed by atoms with Gasteiger partial charge >= 0.3 is 5.97 Å². The van der Waals surface area contributed by atoms with E-state index >= 15 is 0 Å². The fourth-order valence-electron chi connectivity index (χ4n) is 1.43. The Bertz CT molecular complexity index is 505. The number of aliphatic hydroxyl groups is 1. The average Bonchev–Trinajstić information content (AvgIpc) is 2.28. The number of benzene rings is 1. The molecule has 1 aromatic rings. The van der Waals surface area contributed by atoms with Crippen molar-refractivity contribution in [3.63, 3.8) is 0 Å². The van der Waals surface area contributed by atoms with Gasteiger partial charge in [0.15, 0.2) is 0 Å². The molecular formula is C12H13BrFNO4. The number of carbonyl (C=O) groups excluding carboxylic acids is 1. The molecule has 0 aromatic heterocycles. The molecule has 0 aliphatic heterocycles. The molecule has 0 aliphatic rings. The molecule has 19 heavy (non-hydrogen) atoms. The van der Waals surface area contributed by atoms with Crippen LogP contribution in [0.4, 0.5) is 4.39 Å². The molecule has 0 fully saturated rings. The Morgan fingerprint density at radius 3 is 2.68 bits per heavy atom. The van der Waals surface area contributed by atoms with Crippen molar-refractivity contribution < 1.29 is 24.2 Å². The Hall–Kier alpha value is -1.47. The molecule has 5 nitrogen and oxygen atoms in total. The summed E-state index contributed by atoms with van der Waals surface area (Å²) >= 11 is 2.96. The SMILES string of the molecule is CC(O)(CNC(=O)c1cccc(Br)c1F)CC(=O)O. The quantitative estimate of drug-likeness (QED) is 0.762. The van der Waals surface area contributed by atoms with Crippen LogP contribution in [0.1, 0.15) is 23.7 Å². The van der Waals surface area contributed by atoms with Crippen LogP contribution in [0, 0.1) is 5.82 Å². The van der Waals surface area contributed by atoms with Crippen molar-refractivity contribution >= 4 is 27.8 Å². The Morgan fingerprint density at radius 1 is 1.47 bits per heavy atom. The minimum atomic E-state index is -1.59. The van der Waals surface area contributed by atoms with Crippen LogP contribution in [0.3, 0.4) is 0 Å². The third-order valence-electron chi connectivity index (χ3n) is 2.36. The van der Waals surface area contributed by atoms with Crippen molar-refractivity contribution in [2.24, 2.45) is 0 Å². The van der Waals surface area contributed by atoms with Gasteiger partial charge in [0.2, 0.25) is 0 Å². The molecule has 0 radical (unpaired) electrons. The molecule has 0 bridgehead atoms. The molecule has 1 rings (SSSR count). The van der Waals surface area contributed by atoms with Crippen LogP contribution < -0.4 is 5.32 Å². The maximum atomic E-state index is 13.6. The molecule has 1 unspecified atom stereocenters. The van der Waals surface area contributed by atoms with Gasteiger partial charge in [-0.25, -0.2) is 4.39 Å². The van der Waals surface area contributed by atoms with Gasteiger partial charge in [-0.15, -0.1) is 0 Å². The third kappa shape index (κ3) is 4.60. The summed E-state index contributed by atoms with van der Waals surface area (Å²) in [6, 6.07) is 4.24. The van der Waals surface area contributed by atoms with Crippen LogP contribution in [-0.4, -0.2) is 34.2 Å². The second-order valence-electron chi connectivity index (χ2n) is 4.35. The first-order valence-corrected chi connectivity index (χ1v) is 6.18. The van der Waals surface area contributed by atoms with E-state index in [1.807, 2.05) is 0 Å². The fourth-order valence-corrected chi connectivity index (χ4v) is 1.80. The lowest BCUT2D eigenvalue weighted by Crippen LogP contribution is -2.42. The van der Waals surface area contributed by atoms with Crippen molar-refractivity contribution in [1.29, 1.82) is 0 Å². The van der Waals surface area contributed by atoms with Crippen molar-refractivity contribution in [2.75, 3.05) is 6.54 Å². The normalized spacial score (nSPS) is 13.7. The number of carboxylic acids is 1. The van der Waals surface area contributed by atoms with Crippen LogP contribution in [-0.2, 0) is 4.79 Å². The van der Waals surface area contributed by atoms with Gasteiger partial charge in [-0.05, 0) is 35.0 Å². The van der Waals surface area contributed by atoms with Crippen LogP contribution in [0.25, 0.3) is 0 Å². The molecule has 0 aliphatic carbocycles. The molecule has 104 valence electrons. The zero-order valence-corrected chi connectivity index (χ0v) is 11.7. The van der Waals surface area contributed by atoms with Gasteiger partial charge < -0.3 is 15.5 Å². The van der Waals surface area contributed by atoms with Gasteiger partial charge in [0, 0.05) is 6.54 Å². The standard InChI is InChI=1S/C12H13BrFNO4/c1-12(19,5-9(16)17)6-15-11(18)7-3-2-4-8(13)10(7)14/h2-4,19H,5-6H2,1H3,(H,15,18)(H,16,17). The summed E-state index contributed by atoms with van der Waals surface area (Å²) in [5, 5.41) is 20.6. The molecule has 7 heteroatoms. The molecule has 3 N–H and O–H groups in total. The second kappa shape index (κ2) is 6.12. The number of carboxylic acid groups (broad SMARTS) is 1. The zero-order chi connectivity index (χ0) is 14.6. The molecule has 0 spiro atoms. The first-order chi connectivity index (χ1) is 8.73. The lowest BCUT2D eigenvalue weighted by molar-refractivity contribution is -0.141. The second-order valence-corrected chi connectivity index (χ2v) is 5.21. The largest absolute Gasteiger partial charge is 0.481 e. The molecule has 0 saturated carbocycles. The molecule has 1 amide bonds. The Balaban J connectivity index is 2.71. The van der Waals surface area contributed by atoms with Crippen LogP contribution in [0.15, 0.2) is 22.7 Å². The van der Waals surface area contributed by atoms with E-state index in [4.69, 9.17) is 5.11 Å². The number of hydrogen-bond acceptors (Lipinski definition) is 3. The van der Waals surface area contributed by atoms with E-state index in [1.165, 1.54) is 25.1 Å². The molecule has 1 atom stereocenters. The van der Waals surface area contributed by atoms with Gasteiger partial charge in [0.1, 0.15) is 5.82 Å². The predicted octanol–water partition coefficient (Wildman–Crippen LogP) is 1.54. The summed E-state index contributed by atoms with van der Waals surface area (Å²) in [6.45, 7) is 0.989. The van der Waals surface area contributed by atoms with E-state index in [9.17, 15) is 19.1 Å². The summed E-state index contributed by atoms with van der Waals surface area (Å²) in [5.74, 6) is -2.62. The summed E-state index contributed by atoms with van der Waals surface area (Å²) in [7, 11) is 0. The molecule has 0 heterocycles. The predicted molar refractivity (Wildman–Crippen MR) is 69.3 cm³/mol. The van der Waals surface area contributed by atoms with Crippen molar-refractivity contribution in [1.82, 2.24) is 5.32 Å². The van der Waals surface area contributed by atoms with Gasteiger partial charge in [-0.3, -0.25) is 9.59 Å². The highest BCUT2D eigenvalue weighted by molar-refractivity contribution is 9.10. The maximum Gasteiger partial charge on any atom is 0.306 e. The summed E-state index contributed by atoms with van der Waals surface area (Å²) in [6.07, 6.45) is -0.520. The van der Waals surface area contributed by atoms with Crippen molar-refractivity contribution in [3.05, 3.63) is 34.1 Å². The number of rotatable bonds is 5. The van der Waals surface area contributed by atoms with Crippen LogP contribution in [0.5, 0.6) is 0 Å². The number of aliphatic carboxylic acids is 1. The molecule has 1 aromatic carbocycles. The van der Waals surface area contributed by atoms with E-state index < -0.39 is 29.7 Å². The lowest BCUT2D eigenvalue weighted by atomic mass is 10.0. The first-order valence-electron chi connectivity index (χ1n) is 5.39. The number of halogens is 2. The highest BCUT2D eigenvalue weighted by Gasteiger charge is 2.25. The Labute approximate surface area is 117 Å². The van der Waals surface area contributed by atoms with Gasteiger partial charge in [-0.2, -0.15) is 0 Å². The number of nitrogens with one attached hydrogen (secondary N) is 1. The van der Waals surface area contributed by atoms with Gasteiger partial charge in [0.25, 0.3) is 5.91 Å². The smallest absolute Gasteiger partial charge is 0.306 e. The summed E-state index contributed by atoms with van der Waals surface area (Å²) in [4.78, 5) is 22.2. The number of amides is 1. The molecule has 0 saturated heterocycles. The van der Waals surface area contributed by atoms with Crippen LogP contribution >= 0.6 is 15.9 Å². The van der Waals surface area contributed by atoms with Crippen molar-refractivity contribution in [2.45, 2.75) is 18.9 Å². The fraction of sp³-hybridized carbons (Fsp3) is 0.333. The molecular weight excluding hydrogens is 321 g/mol. The van der Waals surface area contributed by atoms with E-state index in [0.717, 1.165) is 0 Å². The minimum Gasteiger partial charge on any atom is -0.481 e.